The summed E-state index contributed by atoms with van der Waals surface area (Å²) >= 11 is 6.75. The van der Waals surface area contributed by atoms with Crippen molar-refractivity contribution in [1.29, 1.82) is 5.26 Å². The predicted octanol–water partition coefficient (Wildman–Crippen LogP) is 4.85. The van der Waals surface area contributed by atoms with Gasteiger partial charge in [-0.2, -0.15) is 5.26 Å². The number of nitrogens with one attached hydrogen (secondary N) is 2. The van der Waals surface area contributed by atoms with E-state index in [1.807, 2.05) is 42.5 Å². The third-order valence-electron chi connectivity index (χ3n) is 3.92. The zero-order valence-corrected chi connectivity index (χ0v) is 14.5. The Kier molecular flexibility index (Phi) is 3.80. The lowest BCUT2D eigenvalue weighted by molar-refractivity contribution is 1.08. The molecule has 0 aliphatic carbocycles. The van der Waals surface area contributed by atoms with Gasteiger partial charge in [-0.25, -0.2) is 0 Å². The van der Waals surface area contributed by atoms with Crippen LogP contribution in [0, 0.1) is 16.1 Å². The topological polar surface area (TPSA) is 72.4 Å². The van der Waals surface area contributed by atoms with Crippen LogP contribution in [0.3, 0.4) is 0 Å². The third-order valence-corrected chi connectivity index (χ3v) is 5.29. The number of hydrogen-bond donors (Lipinski definition) is 2. The van der Waals surface area contributed by atoms with Gasteiger partial charge in [0.05, 0.1) is 5.69 Å². The largest absolute Gasteiger partial charge is 0.331 e. The molecule has 120 valence electrons. The number of nitrogens with zero attached hydrogens (tertiary/aromatic N) is 1. The van der Waals surface area contributed by atoms with Crippen molar-refractivity contribution in [2.75, 3.05) is 0 Å². The van der Waals surface area contributed by atoms with Crippen molar-refractivity contribution in [3.8, 4) is 27.8 Å². The Labute approximate surface area is 152 Å². The predicted molar refractivity (Wildman–Crippen MR) is 103 cm³/mol. The van der Waals surface area contributed by atoms with Gasteiger partial charge < -0.3 is 4.98 Å². The fourth-order valence-corrected chi connectivity index (χ4v) is 4.02. The molecule has 4 aromatic rings. The molecule has 4 rings (SSSR count). The maximum atomic E-state index is 12.0. The Bertz CT molecular complexity index is 1220. The van der Waals surface area contributed by atoms with E-state index in [1.54, 1.807) is 11.3 Å². The SMILES string of the molecule is N#Cc1c(-c2cccc(-c3cc4ccccc4s3)c2)[nH]c(=S)[nH]c1=O. The van der Waals surface area contributed by atoms with E-state index in [-0.39, 0.29) is 10.3 Å². The molecule has 0 unspecified atom stereocenters. The second-order valence-corrected chi connectivity index (χ2v) is 6.99. The molecular weight excluding hydrogens is 350 g/mol. The smallest absolute Gasteiger partial charge is 0.270 e. The quantitative estimate of drug-likeness (QED) is 0.501. The molecule has 0 spiro atoms. The molecule has 2 N–H and O–H groups in total. The summed E-state index contributed by atoms with van der Waals surface area (Å²) in [6, 6.07) is 20.1. The lowest BCUT2D eigenvalue weighted by Crippen LogP contribution is -2.13. The van der Waals surface area contributed by atoms with Crippen molar-refractivity contribution in [3.63, 3.8) is 0 Å². The minimum atomic E-state index is -0.478. The molecular formula is C19H11N3OS2. The highest BCUT2D eigenvalue weighted by Crippen LogP contribution is 2.35. The van der Waals surface area contributed by atoms with Crippen molar-refractivity contribution in [3.05, 3.63) is 75.3 Å². The Hall–Kier alpha value is -3.01. The average Bonchev–Trinajstić information content (AvgIpc) is 3.05. The van der Waals surface area contributed by atoms with Crippen molar-refractivity contribution >= 4 is 33.6 Å². The summed E-state index contributed by atoms with van der Waals surface area (Å²) < 4.78 is 1.42. The number of hydrogen-bond acceptors (Lipinski definition) is 4. The molecule has 4 nitrogen and oxygen atoms in total. The normalized spacial score (nSPS) is 10.7. The lowest BCUT2D eigenvalue weighted by atomic mass is 10.0. The van der Waals surface area contributed by atoms with Gasteiger partial charge in [-0.1, -0.05) is 36.4 Å². The summed E-state index contributed by atoms with van der Waals surface area (Å²) in [5.41, 5.74) is 1.78. The highest BCUT2D eigenvalue weighted by molar-refractivity contribution is 7.71. The number of aromatic amines is 2. The first kappa shape index (κ1) is 15.5. The molecule has 25 heavy (non-hydrogen) atoms. The van der Waals surface area contributed by atoms with E-state index >= 15 is 0 Å². The summed E-state index contributed by atoms with van der Waals surface area (Å²) in [6.45, 7) is 0. The summed E-state index contributed by atoms with van der Waals surface area (Å²) in [5.74, 6) is 0. The van der Waals surface area contributed by atoms with E-state index in [0.717, 1.165) is 16.0 Å². The zero-order chi connectivity index (χ0) is 17.4. The van der Waals surface area contributed by atoms with E-state index < -0.39 is 5.56 Å². The number of fused-ring (bicyclic) bond motifs is 1. The fraction of sp³-hybridized carbons (Fsp3) is 0. The fourth-order valence-electron chi connectivity index (χ4n) is 2.76. The standard InChI is InChI=1S/C19H11N3OS2/c20-10-14-17(21-19(24)22-18(14)23)13-6-3-5-11(8-13)16-9-12-4-1-2-7-15(12)25-16/h1-9H,(H2,21,22,23,24). The zero-order valence-electron chi connectivity index (χ0n) is 12.9. The van der Waals surface area contributed by atoms with Crippen molar-refractivity contribution in [2.24, 2.45) is 0 Å². The molecule has 0 amide bonds. The molecule has 0 aliphatic heterocycles. The molecule has 0 saturated heterocycles. The van der Waals surface area contributed by atoms with Gasteiger partial charge in [0.25, 0.3) is 5.56 Å². The van der Waals surface area contributed by atoms with E-state index in [9.17, 15) is 10.1 Å². The molecule has 0 radical (unpaired) electrons. The number of aromatic nitrogens is 2. The van der Waals surface area contributed by atoms with E-state index in [4.69, 9.17) is 12.2 Å². The van der Waals surface area contributed by atoms with Crippen LogP contribution >= 0.6 is 23.6 Å². The number of benzene rings is 2. The number of thiophene rings is 1. The van der Waals surface area contributed by atoms with Gasteiger partial charge in [0, 0.05) is 15.1 Å². The first-order valence-electron chi connectivity index (χ1n) is 7.52. The first-order chi connectivity index (χ1) is 12.2. The van der Waals surface area contributed by atoms with Gasteiger partial charge in [0.2, 0.25) is 0 Å². The minimum Gasteiger partial charge on any atom is -0.331 e. The molecule has 2 aromatic heterocycles. The highest BCUT2D eigenvalue weighted by Gasteiger charge is 2.12. The van der Waals surface area contributed by atoms with Crippen LogP contribution in [-0.4, -0.2) is 9.97 Å². The van der Waals surface area contributed by atoms with E-state index in [2.05, 4.69) is 28.2 Å². The molecule has 2 heterocycles. The molecule has 0 aliphatic rings. The van der Waals surface area contributed by atoms with Crippen LogP contribution in [0.2, 0.25) is 0 Å². The summed E-state index contributed by atoms with van der Waals surface area (Å²) in [4.78, 5) is 18.5. The van der Waals surface area contributed by atoms with Crippen LogP contribution < -0.4 is 5.56 Å². The summed E-state index contributed by atoms with van der Waals surface area (Å²) in [5, 5.41) is 10.5. The Morgan fingerprint density at radius 3 is 2.60 bits per heavy atom. The van der Waals surface area contributed by atoms with Crippen LogP contribution in [0.4, 0.5) is 0 Å². The van der Waals surface area contributed by atoms with Crippen LogP contribution in [0.15, 0.2) is 59.4 Å². The Morgan fingerprint density at radius 1 is 1.00 bits per heavy atom. The van der Waals surface area contributed by atoms with Crippen molar-refractivity contribution < 1.29 is 0 Å². The number of rotatable bonds is 2. The maximum absolute atomic E-state index is 12.0. The molecule has 6 heteroatoms. The monoisotopic (exact) mass is 361 g/mol. The van der Waals surface area contributed by atoms with Gasteiger partial charge in [-0.3, -0.25) is 9.78 Å². The Balaban J connectivity index is 1.90. The average molecular weight is 361 g/mol. The lowest BCUT2D eigenvalue weighted by Gasteiger charge is -2.06. The van der Waals surface area contributed by atoms with Crippen LogP contribution in [0.5, 0.6) is 0 Å². The maximum Gasteiger partial charge on any atom is 0.270 e. The summed E-state index contributed by atoms with van der Waals surface area (Å²) in [6.07, 6.45) is 0. The van der Waals surface area contributed by atoms with Crippen molar-refractivity contribution in [2.45, 2.75) is 0 Å². The summed E-state index contributed by atoms with van der Waals surface area (Å²) in [7, 11) is 0. The molecule has 0 bridgehead atoms. The van der Waals surface area contributed by atoms with Gasteiger partial charge in [-0.15, -0.1) is 11.3 Å². The molecule has 2 aromatic carbocycles. The second kappa shape index (κ2) is 6.13. The van der Waals surface area contributed by atoms with Gasteiger partial charge in [-0.05, 0) is 41.4 Å². The molecule has 0 fully saturated rings. The second-order valence-electron chi connectivity index (χ2n) is 5.50. The number of H-pyrrole nitrogens is 2. The van der Waals surface area contributed by atoms with Gasteiger partial charge >= 0.3 is 0 Å². The highest BCUT2D eigenvalue weighted by atomic mass is 32.1. The van der Waals surface area contributed by atoms with Gasteiger partial charge in [0.15, 0.2) is 4.77 Å². The van der Waals surface area contributed by atoms with Crippen LogP contribution in [-0.2, 0) is 0 Å². The third kappa shape index (κ3) is 2.80. The van der Waals surface area contributed by atoms with E-state index in [1.165, 1.54) is 10.1 Å². The van der Waals surface area contributed by atoms with Crippen LogP contribution in [0.1, 0.15) is 5.56 Å². The van der Waals surface area contributed by atoms with Crippen molar-refractivity contribution in [1.82, 2.24) is 9.97 Å². The number of nitriles is 1. The molecule has 0 atom stereocenters. The van der Waals surface area contributed by atoms with Gasteiger partial charge in [0.1, 0.15) is 11.6 Å². The van der Waals surface area contributed by atoms with E-state index in [0.29, 0.717) is 5.69 Å². The minimum absolute atomic E-state index is 0.0297. The Morgan fingerprint density at radius 2 is 1.80 bits per heavy atom. The van der Waals surface area contributed by atoms with Crippen LogP contribution in [0.25, 0.3) is 31.8 Å². The molecule has 0 saturated carbocycles. The first-order valence-corrected chi connectivity index (χ1v) is 8.74.